The summed E-state index contributed by atoms with van der Waals surface area (Å²) in [6, 6.07) is 8.39. The summed E-state index contributed by atoms with van der Waals surface area (Å²) in [7, 11) is 0. The molecular weight excluding hydrogens is 452 g/mol. The number of rotatable bonds is 7. The van der Waals surface area contributed by atoms with Crippen LogP contribution in [-0.4, -0.2) is 54.3 Å². The molecule has 4 fully saturated rings. The van der Waals surface area contributed by atoms with Gasteiger partial charge in [-0.05, 0) is 100 Å². The molecule has 2 heterocycles. The fourth-order valence-corrected chi connectivity index (χ4v) is 7.23. The van der Waals surface area contributed by atoms with Crippen molar-refractivity contribution in [3.63, 3.8) is 0 Å². The Morgan fingerprint density at radius 2 is 1.58 bits per heavy atom. The molecule has 4 aliphatic rings. The maximum Gasteiger partial charge on any atom is 0.241 e. The van der Waals surface area contributed by atoms with Crippen molar-refractivity contribution in [2.24, 2.45) is 35.1 Å². The van der Waals surface area contributed by atoms with Gasteiger partial charge in [-0.15, -0.1) is 0 Å². The Morgan fingerprint density at radius 1 is 0.917 bits per heavy atom. The van der Waals surface area contributed by atoms with E-state index < -0.39 is 0 Å². The standard InChI is InChI=1S/C28H42N6O2/c29-26(30)21-8-7-20-15-25(28(36)32-22-9-11-23(12-10-22)33-13-1-2-14-33)34(24(20)16-21)17-18-3-5-19(6-4-18)27(31)35/h9-12,18-21,24-25H,1-8,13-17H2,(H3,29,30)(H2,31,35)(H,32,36). The molecule has 1 aromatic rings. The molecule has 6 N–H and O–H groups in total. The molecule has 0 bridgehead atoms. The Labute approximate surface area is 214 Å². The number of carbonyl (C=O) groups excluding carboxylic acids is 2. The maximum absolute atomic E-state index is 13.6. The third-order valence-electron chi connectivity index (χ3n) is 9.38. The van der Waals surface area contributed by atoms with Crippen molar-refractivity contribution in [3.8, 4) is 0 Å². The van der Waals surface area contributed by atoms with Crippen LogP contribution in [0.4, 0.5) is 11.4 Å². The van der Waals surface area contributed by atoms with Gasteiger partial charge in [0.15, 0.2) is 0 Å². The van der Waals surface area contributed by atoms with Crippen LogP contribution < -0.4 is 21.7 Å². The molecule has 8 nitrogen and oxygen atoms in total. The average Bonchev–Trinajstić information content (AvgIpc) is 3.53. The number of hydrogen-bond acceptors (Lipinski definition) is 5. The van der Waals surface area contributed by atoms with Gasteiger partial charge in [0.25, 0.3) is 0 Å². The Morgan fingerprint density at radius 3 is 2.22 bits per heavy atom. The van der Waals surface area contributed by atoms with Gasteiger partial charge in [0.2, 0.25) is 11.8 Å². The van der Waals surface area contributed by atoms with E-state index in [9.17, 15) is 9.59 Å². The van der Waals surface area contributed by atoms with Gasteiger partial charge >= 0.3 is 0 Å². The van der Waals surface area contributed by atoms with Crippen LogP contribution in [0.15, 0.2) is 24.3 Å². The molecule has 0 aromatic heterocycles. The van der Waals surface area contributed by atoms with Gasteiger partial charge in [-0.3, -0.25) is 19.9 Å². The zero-order valence-electron chi connectivity index (χ0n) is 21.3. The highest BCUT2D eigenvalue weighted by Gasteiger charge is 2.48. The minimum atomic E-state index is -0.181. The summed E-state index contributed by atoms with van der Waals surface area (Å²) < 4.78 is 0. The highest BCUT2D eigenvalue weighted by atomic mass is 16.2. The molecule has 2 aliphatic heterocycles. The van der Waals surface area contributed by atoms with Crippen LogP contribution in [0.1, 0.15) is 64.2 Å². The Balaban J connectivity index is 1.28. The van der Waals surface area contributed by atoms with Crippen LogP contribution in [0.2, 0.25) is 0 Å². The Bertz CT molecular complexity index is 951. The largest absolute Gasteiger partial charge is 0.387 e. The molecule has 36 heavy (non-hydrogen) atoms. The number of fused-ring (bicyclic) bond motifs is 1. The van der Waals surface area contributed by atoms with Crippen LogP contribution in [0.5, 0.6) is 0 Å². The van der Waals surface area contributed by atoms with Gasteiger partial charge in [0.05, 0.1) is 11.9 Å². The predicted molar refractivity (Wildman–Crippen MR) is 143 cm³/mol. The smallest absolute Gasteiger partial charge is 0.241 e. The molecule has 1 aromatic carbocycles. The summed E-state index contributed by atoms with van der Waals surface area (Å²) >= 11 is 0. The average molecular weight is 495 g/mol. The van der Waals surface area contributed by atoms with Crippen LogP contribution >= 0.6 is 0 Å². The number of anilines is 2. The minimum Gasteiger partial charge on any atom is -0.387 e. The van der Waals surface area contributed by atoms with Crippen molar-refractivity contribution in [1.29, 1.82) is 5.41 Å². The summed E-state index contributed by atoms with van der Waals surface area (Å²) in [5, 5.41) is 11.2. The number of carbonyl (C=O) groups is 2. The molecule has 4 unspecified atom stereocenters. The first-order chi connectivity index (χ1) is 17.4. The lowest BCUT2D eigenvalue weighted by molar-refractivity contribution is -0.123. The zero-order chi connectivity index (χ0) is 25.2. The lowest BCUT2D eigenvalue weighted by Crippen LogP contribution is -2.48. The summed E-state index contributed by atoms with van der Waals surface area (Å²) in [6.45, 7) is 3.07. The van der Waals surface area contributed by atoms with Crippen molar-refractivity contribution >= 4 is 29.0 Å². The molecule has 196 valence electrons. The topological polar surface area (TPSA) is 129 Å². The van der Waals surface area contributed by atoms with Crippen LogP contribution in [-0.2, 0) is 9.59 Å². The maximum atomic E-state index is 13.6. The van der Waals surface area contributed by atoms with Crippen molar-refractivity contribution < 1.29 is 9.59 Å². The number of nitrogens with one attached hydrogen (secondary N) is 2. The van der Waals surface area contributed by atoms with Crippen molar-refractivity contribution in [2.75, 3.05) is 29.9 Å². The first-order valence-corrected chi connectivity index (χ1v) is 13.9. The summed E-state index contributed by atoms with van der Waals surface area (Å²) in [5.41, 5.74) is 13.5. The fourth-order valence-electron chi connectivity index (χ4n) is 7.23. The second-order valence-electron chi connectivity index (χ2n) is 11.6. The fraction of sp³-hybridized carbons (Fsp3) is 0.679. The van der Waals surface area contributed by atoms with E-state index >= 15 is 0 Å². The van der Waals surface area contributed by atoms with Gasteiger partial charge in [0.1, 0.15) is 0 Å². The highest BCUT2D eigenvalue weighted by molar-refractivity contribution is 5.95. The van der Waals surface area contributed by atoms with E-state index in [0.717, 1.165) is 76.7 Å². The SMILES string of the molecule is N=C(N)C1CCC2CC(C(=O)Nc3ccc(N4CCCC4)cc3)N(CC3CCC(C(N)=O)CC3)C2C1. The lowest BCUT2D eigenvalue weighted by atomic mass is 9.77. The van der Waals surface area contributed by atoms with E-state index in [2.05, 4.69) is 27.2 Å². The van der Waals surface area contributed by atoms with Crippen LogP contribution in [0.25, 0.3) is 0 Å². The van der Waals surface area contributed by atoms with E-state index in [1.54, 1.807) is 0 Å². The number of benzene rings is 1. The Kier molecular flexibility index (Phi) is 7.51. The predicted octanol–water partition coefficient (Wildman–Crippen LogP) is 3.31. The molecule has 2 amide bonds. The number of nitrogens with zero attached hydrogens (tertiary/aromatic N) is 2. The minimum absolute atomic E-state index is 0.00743. The summed E-state index contributed by atoms with van der Waals surface area (Å²) in [6.07, 6.45) is 9.83. The van der Waals surface area contributed by atoms with E-state index in [1.165, 1.54) is 18.5 Å². The third-order valence-corrected chi connectivity index (χ3v) is 9.38. The normalized spacial score (nSPS) is 32.7. The molecule has 2 saturated heterocycles. The summed E-state index contributed by atoms with van der Waals surface area (Å²) in [4.78, 5) is 30.1. The number of amidine groups is 1. The number of likely N-dealkylation sites (tertiary alicyclic amines) is 1. The molecule has 2 saturated carbocycles. The van der Waals surface area contributed by atoms with E-state index in [1.807, 2.05) is 12.1 Å². The van der Waals surface area contributed by atoms with E-state index in [-0.39, 0.29) is 41.6 Å². The van der Waals surface area contributed by atoms with Crippen molar-refractivity contribution in [2.45, 2.75) is 76.3 Å². The van der Waals surface area contributed by atoms with Gasteiger partial charge in [-0.2, -0.15) is 0 Å². The zero-order valence-corrected chi connectivity index (χ0v) is 21.3. The van der Waals surface area contributed by atoms with Crippen molar-refractivity contribution in [1.82, 2.24) is 4.90 Å². The molecule has 2 aliphatic carbocycles. The van der Waals surface area contributed by atoms with Gasteiger partial charge in [-0.25, -0.2) is 0 Å². The van der Waals surface area contributed by atoms with Crippen LogP contribution in [0.3, 0.4) is 0 Å². The number of nitrogens with two attached hydrogens (primary N) is 2. The van der Waals surface area contributed by atoms with E-state index in [4.69, 9.17) is 16.9 Å². The first kappa shape index (κ1) is 25.1. The molecule has 4 atom stereocenters. The second kappa shape index (κ2) is 10.8. The summed E-state index contributed by atoms with van der Waals surface area (Å²) in [5.74, 6) is 1.21. The number of amides is 2. The van der Waals surface area contributed by atoms with Gasteiger partial charge in [-0.1, -0.05) is 0 Å². The molecule has 5 rings (SSSR count). The Hall–Kier alpha value is -2.61. The lowest BCUT2D eigenvalue weighted by Gasteiger charge is -2.39. The van der Waals surface area contributed by atoms with Crippen molar-refractivity contribution in [3.05, 3.63) is 24.3 Å². The second-order valence-corrected chi connectivity index (χ2v) is 11.6. The molecule has 0 radical (unpaired) electrons. The van der Waals surface area contributed by atoms with Gasteiger partial charge in [0, 0.05) is 48.9 Å². The number of hydrogen-bond donors (Lipinski definition) is 4. The highest BCUT2D eigenvalue weighted by Crippen LogP contribution is 2.43. The third kappa shape index (κ3) is 5.38. The molecule has 0 spiro atoms. The van der Waals surface area contributed by atoms with Crippen LogP contribution in [0, 0.1) is 29.1 Å². The molecule has 8 heteroatoms. The number of primary amides is 1. The quantitative estimate of drug-likeness (QED) is 0.341. The first-order valence-electron chi connectivity index (χ1n) is 13.9. The van der Waals surface area contributed by atoms with E-state index in [0.29, 0.717) is 11.8 Å². The van der Waals surface area contributed by atoms with Gasteiger partial charge < -0.3 is 21.7 Å². The monoisotopic (exact) mass is 494 g/mol. The molecular formula is C28H42N6O2.